The van der Waals surface area contributed by atoms with Gasteiger partial charge >= 0.3 is 0 Å². The molecule has 6 heteroatoms. The van der Waals surface area contributed by atoms with Crippen LogP contribution in [-0.4, -0.2) is 19.5 Å². The van der Waals surface area contributed by atoms with Gasteiger partial charge < -0.3 is 14.0 Å². The van der Waals surface area contributed by atoms with Crippen LogP contribution in [0.2, 0.25) is 0 Å². The molecule has 9 rings (SSSR count). The predicted octanol–water partition coefficient (Wildman–Crippen LogP) is 10.8. The topological polar surface area (TPSA) is 56.7 Å². The van der Waals surface area contributed by atoms with Gasteiger partial charge in [-0.05, 0) is 46.3 Å². The van der Waals surface area contributed by atoms with Crippen molar-refractivity contribution in [3.63, 3.8) is 0 Å². The molecule has 0 amide bonds. The van der Waals surface area contributed by atoms with Gasteiger partial charge in [0.1, 0.15) is 5.58 Å². The minimum atomic E-state index is -0.0240. The summed E-state index contributed by atoms with van der Waals surface area (Å²) in [5, 5.41) is 4.41. The molecule has 0 N–H and O–H groups in total. The maximum absolute atomic E-state index is 6.61. The van der Waals surface area contributed by atoms with Gasteiger partial charge in [-0.2, -0.15) is 0 Å². The van der Waals surface area contributed by atoms with E-state index in [2.05, 4.69) is 103 Å². The maximum atomic E-state index is 6.61. The second-order valence-electron chi connectivity index (χ2n) is 12.8. The third kappa shape index (κ3) is 6.06. The number of aromatic nitrogens is 4. The van der Waals surface area contributed by atoms with Crippen LogP contribution < -0.4 is 0 Å². The number of para-hydroxylation sites is 1. The molecule has 0 spiro atoms. The minimum Gasteiger partial charge on any atom is -0.500 e. The van der Waals surface area contributed by atoms with Gasteiger partial charge in [0.05, 0.1) is 16.9 Å². The molecule has 4 heterocycles. The van der Waals surface area contributed by atoms with E-state index < -0.39 is 0 Å². The van der Waals surface area contributed by atoms with Crippen LogP contribution in [0.4, 0.5) is 0 Å². The fraction of sp³-hybridized carbons (Fsp3) is 0.0930. The van der Waals surface area contributed by atoms with Crippen LogP contribution in [0.1, 0.15) is 26.3 Å². The molecule has 0 saturated heterocycles. The largest absolute Gasteiger partial charge is 0.500 e. The normalized spacial score (nSPS) is 11.4. The monoisotopic (exact) mass is 813 g/mol. The van der Waals surface area contributed by atoms with Crippen molar-refractivity contribution in [2.45, 2.75) is 26.2 Å². The fourth-order valence-electron chi connectivity index (χ4n) is 6.07. The summed E-state index contributed by atoms with van der Waals surface area (Å²) in [6.45, 7) is 6.58. The zero-order valence-electron chi connectivity index (χ0n) is 27.3. The molecule has 9 aromatic rings. The number of furan rings is 1. The molecule has 0 fully saturated rings. The molecular formula is C43H32IrN4O-2. The van der Waals surface area contributed by atoms with E-state index in [0.29, 0.717) is 0 Å². The molecule has 0 aliphatic rings. The molecule has 5 nitrogen and oxygen atoms in total. The van der Waals surface area contributed by atoms with E-state index in [4.69, 9.17) is 14.4 Å². The third-order valence-electron chi connectivity index (χ3n) is 8.57. The van der Waals surface area contributed by atoms with Crippen LogP contribution in [0.3, 0.4) is 0 Å². The molecule has 49 heavy (non-hydrogen) atoms. The van der Waals surface area contributed by atoms with E-state index in [1.54, 1.807) is 6.20 Å². The van der Waals surface area contributed by atoms with Crippen molar-refractivity contribution in [2.75, 3.05) is 0 Å². The molecule has 5 aromatic carbocycles. The molecule has 0 atom stereocenters. The van der Waals surface area contributed by atoms with E-state index in [-0.39, 0.29) is 25.5 Å². The van der Waals surface area contributed by atoms with Crippen molar-refractivity contribution in [1.82, 2.24) is 19.5 Å². The summed E-state index contributed by atoms with van der Waals surface area (Å²) < 4.78 is 8.72. The van der Waals surface area contributed by atoms with E-state index in [1.165, 1.54) is 0 Å². The molecule has 0 bridgehead atoms. The van der Waals surface area contributed by atoms with Gasteiger partial charge in [0.15, 0.2) is 5.65 Å². The summed E-state index contributed by atoms with van der Waals surface area (Å²) >= 11 is 0. The number of hydrogen-bond donors (Lipinski definition) is 0. The number of pyridine rings is 2. The Morgan fingerprint density at radius 2 is 1.45 bits per heavy atom. The Labute approximate surface area is 298 Å². The Hall–Kier alpha value is -5.42. The van der Waals surface area contributed by atoms with Gasteiger partial charge in [0, 0.05) is 49.0 Å². The molecule has 1 radical (unpaired) electrons. The van der Waals surface area contributed by atoms with E-state index in [9.17, 15) is 0 Å². The van der Waals surface area contributed by atoms with Crippen molar-refractivity contribution in [1.29, 1.82) is 0 Å². The van der Waals surface area contributed by atoms with Gasteiger partial charge in [-0.15, -0.1) is 54.1 Å². The fourth-order valence-corrected chi connectivity index (χ4v) is 6.07. The summed E-state index contributed by atoms with van der Waals surface area (Å²) in [6.07, 6.45) is 3.75. The Morgan fingerprint density at radius 1 is 0.673 bits per heavy atom. The summed E-state index contributed by atoms with van der Waals surface area (Å²) in [5.41, 5.74) is 8.30. The average molecular weight is 813 g/mol. The van der Waals surface area contributed by atoms with Gasteiger partial charge in [0.2, 0.25) is 0 Å². The molecule has 0 saturated carbocycles. The Morgan fingerprint density at radius 3 is 2.22 bits per heavy atom. The summed E-state index contributed by atoms with van der Waals surface area (Å²) in [5.74, 6) is 0.767. The van der Waals surface area contributed by atoms with E-state index in [0.717, 1.165) is 77.8 Å². The van der Waals surface area contributed by atoms with Crippen LogP contribution in [0.25, 0.3) is 72.2 Å². The Bertz CT molecular complexity index is 2500. The van der Waals surface area contributed by atoms with Crippen LogP contribution in [0.15, 0.2) is 144 Å². The molecule has 0 aliphatic heterocycles. The van der Waals surface area contributed by atoms with Gasteiger partial charge in [-0.1, -0.05) is 98.5 Å². The number of nitrogens with zero attached hydrogens (tertiary/aromatic N) is 4. The van der Waals surface area contributed by atoms with Crippen LogP contribution in [0.5, 0.6) is 0 Å². The van der Waals surface area contributed by atoms with Crippen molar-refractivity contribution in [3.05, 3.63) is 157 Å². The first-order valence-electron chi connectivity index (χ1n) is 16.0. The van der Waals surface area contributed by atoms with Crippen molar-refractivity contribution in [3.8, 4) is 28.3 Å². The SMILES string of the molecule is CC(C)(C)c1cnc2c(c1)nc(-c1[c-]ccc3c1oc1c4ccccc4ccc31)n2-c1ccccc1.[Ir].[c-]1ccccc1-c1ccccn1. The number of fused-ring (bicyclic) bond motifs is 6. The van der Waals surface area contributed by atoms with E-state index in [1.807, 2.05) is 72.9 Å². The van der Waals surface area contributed by atoms with E-state index >= 15 is 0 Å². The average Bonchev–Trinajstić information content (AvgIpc) is 3.71. The smallest absolute Gasteiger partial charge is 0.155 e. The first-order chi connectivity index (χ1) is 23.5. The summed E-state index contributed by atoms with van der Waals surface area (Å²) in [6, 6.07) is 49.3. The number of hydrogen-bond acceptors (Lipinski definition) is 4. The minimum absolute atomic E-state index is 0. The van der Waals surface area contributed by atoms with Crippen molar-refractivity contribution < 1.29 is 24.5 Å². The first-order valence-corrected chi connectivity index (χ1v) is 16.0. The number of imidazole rings is 1. The Kier molecular flexibility index (Phi) is 8.68. The summed E-state index contributed by atoms with van der Waals surface area (Å²) in [4.78, 5) is 14.2. The maximum Gasteiger partial charge on any atom is 0.155 e. The van der Waals surface area contributed by atoms with Crippen molar-refractivity contribution >= 4 is 43.9 Å². The van der Waals surface area contributed by atoms with Crippen molar-refractivity contribution in [2.24, 2.45) is 0 Å². The standard InChI is InChI=1S/C32H24N3O.C11H8N.Ir/c1-32(2,3)21-18-27-31(33-19-21)35(22-11-5-4-6-12-22)30(34-27)26-15-9-14-24-25-17-16-20-10-7-8-13-23(20)28(25)36-29(24)26;1-2-6-10(7-3-1)11-8-4-5-9-12-11;/h4-14,16-19H,1-3H3;1-6,8-9H;/q2*-1;. The van der Waals surface area contributed by atoms with Crippen LogP contribution in [0, 0.1) is 12.1 Å². The number of benzene rings is 5. The summed E-state index contributed by atoms with van der Waals surface area (Å²) in [7, 11) is 0. The predicted molar refractivity (Wildman–Crippen MR) is 195 cm³/mol. The zero-order chi connectivity index (χ0) is 32.7. The second-order valence-corrected chi connectivity index (χ2v) is 12.8. The molecule has 241 valence electrons. The van der Waals surface area contributed by atoms with Crippen LogP contribution in [-0.2, 0) is 25.5 Å². The van der Waals surface area contributed by atoms with Gasteiger partial charge in [-0.3, -0.25) is 4.98 Å². The third-order valence-corrected chi connectivity index (χ3v) is 8.57. The molecular weight excluding hydrogens is 781 g/mol. The quantitative estimate of drug-likeness (QED) is 0.167. The first kappa shape index (κ1) is 32.1. The zero-order valence-corrected chi connectivity index (χ0v) is 29.7. The molecule has 0 aliphatic carbocycles. The van der Waals surface area contributed by atoms with Gasteiger partial charge in [-0.25, -0.2) is 4.98 Å². The molecule has 0 unspecified atom stereocenters. The molecule has 4 aromatic heterocycles. The number of rotatable bonds is 3. The second kappa shape index (κ2) is 13.2. The Balaban J connectivity index is 0.000000246. The van der Waals surface area contributed by atoms with Crippen LogP contribution >= 0.6 is 0 Å². The van der Waals surface area contributed by atoms with Gasteiger partial charge in [0.25, 0.3) is 0 Å².